The molecule has 1 aromatic carbocycles. The number of aryl methyl sites for hydroxylation is 2. The zero-order chi connectivity index (χ0) is 20.9. The minimum Gasteiger partial charge on any atom is -0.491 e. The third kappa shape index (κ3) is 4.79. The number of hydrogen-bond donors (Lipinski definition) is 0. The zero-order valence-electron chi connectivity index (χ0n) is 17.9. The van der Waals surface area contributed by atoms with Crippen LogP contribution in [0.3, 0.4) is 0 Å². The van der Waals surface area contributed by atoms with Crippen LogP contribution < -0.4 is 9.47 Å². The molecule has 0 aliphatic carbocycles. The van der Waals surface area contributed by atoms with Gasteiger partial charge in [-0.2, -0.15) is 0 Å². The molecule has 3 heterocycles. The van der Waals surface area contributed by atoms with Crippen molar-refractivity contribution in [2.45, 2.75) is 39.2 Å². The highest BCUT2D eigenvalue weighted by atomic mass is 16.5. The Labute approximate surface area is 178 Å². The molecule has 1 aliphatic rings. The van der Waals surface area contributed by atoms with Gasteiger partial charge >= 0.3 is 0 Å². The van der Waals surface area contributed by atoms with Gasteiger partial charge in [-0.15, -0.1) is 0 Å². The average molecular weight is 405 g/mol. The predicted molar refractivity (Wildman–Crippen MR) is 118 cm³/mol. The average Bonchev–Trinajstić information content (AvgIpc) is 2.78. The van der Waals surface area contributed by atoms with E-state index < -0.39 is 0 Å². The summed E-state index contributed by atoms with van der Waals surface area (Å²) in [5.74, 6) is 1.29. The first-order valence-electron chi connectivity index (χ1n) is 10.5. The van der Waals surface area contributed by atoms with Crippen LogP contribution >= 0.6 is 0 Å². The van der Waals surface area contributed by atoms with Crippen molar-refractivity contribution in [2.24, 2.45) is 0 Å². The first-order chi connectivity index (χ1) is 14.6. The van der Waals surface area contributed by atoms with Crippen LogP contribution in [0.25, 0.3) is 22.4 Å². The molecule has 5 nitrogen and oxygen atoms in total. The Bertz CT molecular complexity index is 996. The molecule has 0 radical (unpaired) electrons. The summed E-state index contributed by atoms with van der Waals surface area (Å²) in [5, 5.41) is 0. The van der Waals surface area contributed by atoms with Gasteiger partial charge in [0, 0.05) is 41.8 Å². The highest BCUT2D eigenvalue weighted by Crippen LogP contribution is 2.31. The highest BCUT2D eigenvalue weighted by molar-refractivity contribution is 5.72. The summed E-state index contributed by atoms with van der Waals surface area (Å²) >= 11 is 0. The first kappa shape index (κ1) is 20.4. The van der Waals surface area contributed by atoms with E-state index in [0.29, 0.717) is 12.5 Å². The monoisotopic (exact) mass is 404 g/mol. The molecule has 0 bridgehead atoms. The van der Waals surface area contributed by atoms with Gasteiger partial charge in [-0.1, -0.05) is 24.3 Å². The Kier molecular flexibility index (Phi) is 6.29. The Morgan fingerprint density at radius 1 is 1.03 bits per heavy atom. The second-order valence-electron chi connectivity index (χ2n) is 7.75. The van der Waals surface area contributed by atoms with Crippen LogP contribution in [0.15, 0.2) is 48.7 Å². The lowest BCUT2D eigenvalue weighted by atomic mass is 9.98. The van der Waals surface area contributed by atoms with E-state index in [9.17, 15) is 0 Å². The van der Waals surface area contributed by atoms with Gasteiger partial charge in [0.05, 0.1) is 18.9 Å². The Morgan fingerprint density at radius 2 is 1.90 bits per heavy atom. The summed E-state index contributed by atoms with van der Waals surface area (Å²) in [6, 6.07) is 14.3. The fourth-order valence-corrected chi connectivity index (χ4v) is 3.70. The second-order valence-corrected chi connectivity index (χ2v) is 7.75. The molecule has 30 heavy (non-hydrogen) atoms. The molecule has 2 aromatic heterocycles. The third-order valence-corrected chi connectivity index (χ3v) is 5.44. The van der Waals surface area contributed by atoms with Gasteiger partial charge in [0.15, 0.2) is 0 Å². The molecular formula is C25H28N2O3. The Balaban J connectivity index is 1.58. The first-order valence-corrected chi connectivity index (χ1v) is 10.5. The van der Waals surface area contributed by atoms with E-state index in [2.05, 4.69) is 41.2 Å². The van der Waals surface area contributed by atoms with Gasteiger partial charge in [0.2, 0.25) is 5.88 Å². The predicted octanol–water partition coefficient (Wildman–Crippen LogP) is 5.38. The van der Waals surface area contributed by atoms with Crippen LogP contribution in [0.5, 0.6) is 11.6 Å². The van der Waals surface area contributed by atoms with Gasteiger partial charge in [-0.25, -0.2) is 4.98 Å². The quantitative estimate of drug-likeness (QED) is 0.552. The van der Waals surface area contributed by atoms with Gasteiger partial charge in [-0.3, -0.25) is 4.98 Å². The van der Waals surface area contributed by atoms with Crippen molar-refractivity contribution in [1.29, 1.82) is 0 Å². The number of benzene rings is 1. The standard InChI is InChI=1S/C25H28N2O3/c1-17-12-19(20-8-7-18(2)26-15-20)9-10-23(17)24-13-22(14-25(27-24)28-3)30-16-21-6-4-5-11-29-21/h7-10,12-15,21H,4-6,11,16H2,1-3H3. The molecule has 1 fully saturated rings. The van der Waals surface area contributed by atoms with Gasteiger partial charge in [0.25, 0.3) is 0 Å². The smallest absolute Gasteiger partial charge is 0.217 e. The lowest BCUT2D eigenvalue weighted by molar-refractivity contribution is -0.0111. The summed E-state index contributed by atoms with van der Waals surface area (Å²) in [5.41, 5.74) is 6.27. The van der Waals surface area contributed by atoms with E-state index >= 15 is 0 Å². The van der Waals surface area contributed by atoms with Crippen LogP contribution in [0.2, 0.25) is 0 Å². The molecule has 156 valence electrons. The third-order valence-electron chi connectivity index (χ3n) is 5.44. The van der Waals surface area contributed by atoms with Gasteiger partial charge in [-0.05, 0) is 50.3 Å². The zero-order valence-corrected chi connectivity index (χ0v) is 17.9. The van der Waals surface area contributed by atoms with Crippen LogP contribution in [0.1, 0.15) is 30.5 Å². The molecule has 1 saturated heterocycles. The number of nitrogens with zero attached hydrogens (tertiary/aromatic N) is 2. The van der Waals surface area contributed by atoms with Crippen molar-refractivity contribution in [3.63, 3.8) is 0 Å². The SMILES string of the molecule is COc1cc(OCC2CCCCO2)cc(-c2ccc(-c3ccc(C)nc3)cc2C)n1. The topological polar surface area (TPSA) is 53.5 Å². The number of ether oxygens (including phenoxy) is 3. The number of pyridine rings is 2. The maximum absolute atomic E-state index is 6.04. The van der Waals surface area contributed by atoms with Crippen molar-refractivity contribution < 1.29 is 14.2 Å². The number of methoxy groups -OCH3 is 1. The second kappa shape index (κ2) is 9.26. The fraction of sp³-hybridized carbons (Fsp3) is 0.360. The molecule has 3 aromatic rings. The van der Waals surface area contributed by atoms with Crippen molar-refractivity contribution in [3.8, 4) is 34.0 Å². The van der Waals surface area contributed by atoms with E-state index in [1.165, 1.54) is 6.42 Å². The van der Waals surface area contributed by atoms with E-state index in [4.69, 9.17) is 14.2 Å². The molecule has 0 saturated carbocycles. The summed E-state index contributed by atoms with van der Waals surface area (Å²) < 4.78 is 17.2. The van der Waals surface area contributed by atoms with Crippen molar-refractivity contribution in [2.75, 3.05) is 20.3 Å². The van der Waals surface area contributed by atoms with Crippen LogP contribution in [0, 0.1) is 13.8 Å². The summed E-state index contributed by atoms with van der Waals surface area (Å²) in [7, 11) is 1.63. The molecule has 5 heteroatoms. The highest BCUT2D eigenvalue weighted by Gasteiger charge is 2.16. The van der Waals surface area contributed by atoms with Crippen molar-refractivity contribution in [3.05, 3.63) is 59.9 Å². The number of hydrogen-bond acceptors (Lipinski definition) is 5. The van der Waals surface area contributed by atoms with Crippen molar-refractivity contribution in [1.82, 2.24) is 9.97 Å². The minimum atomic E-state index is 0.158. The molecule has 4 rings (SSSR count). The van der Waals surface area contributed by atoms with E-state index in [0.717, 1.165) is 58.8 Å². The molecule has 1 unspecified atom stereocenters. The molecule has 0 N–H and O–H groups in total. The van der Waals surface area contributed by atoms with E-state index in [-0.39, 0.29) is 6.10 Å². The van der Waals surface area contributed by atoms with Crippen LogP contribution in [-0.4, -0.2) is 36.4 Å². The molecule has 0 spiro atoms. The molecule has 0 amide bonds. The van der Waals surface area contributed by atoms with Crippen LogP contribution in [-0.2, 0) is 4.74 Å². The number of rotatable bonds is 6. The molecule has 1 aliphatic heterocycles. The maximum Gasteiger partial charge on any atom is 0.217 e. The van der Waals surface area contributed by atoms with E-state index in [1.807, 2.05) is 31.3 Å². The van der Waals surface area contributed by atoms with Gasteiger partial charge in [0.1, 0.15) is 12.4 Å². The molecule has 1 atom stereocenters. The normalized spacial score (nSPS) is 16.3. The minimum absolute atomic E-state index is 0.158. The van der Waals surface area contributed by atoms with Gasteiger partial charge < -0.3 is 14.2 Å². The number of aromatic nitrogens is 2. The molecular weight excluding hydrogens is 376 g/mol. The Hall–Kier alpha value is -2.92. The lowest BCUT2D eigenvalue weighted by Crippen LogP contribution is -2.25. The fourth-order valence-electron chi connectivity index (χ4n) is 3.70. The maximum atomic E-state index is 6.04. The summed E-state index contributed by atoms with van der Waals surface area (Å²) in [4.78, 5) is 9.05. The lowest BCUT2D eigenvalue weighted by Gasteiger charge is -2.22. The largest absolute Gasteiger partial charge is 0.491 e. The van der Waals surface area contributed by atoms with Crippen molar-refractivity contribution >= 4 is 0 Å². The summed E-state index contributed by atoms with van der Waals surface area (Å²) in [6.07, 6.45) is 5.44. The summed E-state index contributed by atoms with van der Waals surface area (Å²) in [6.45, 7) is 5.45. The van der Waals surface area contributed by atoms with E-state index in [1.54, 1.807) is 7.11 Å². The Morgan fingerprint density at radius 3 is 2.60 bits per heavy atom. The van der Waals surface area contributed by atoms with Crippen LogP contribution in [0.4, 0.5) is 0 Å².